The average Bonchev–Trinajstić information content (AvgIpc) is 2.77. The quantitative estimate of drug-likeness (QED) is 0.175. The Kier molecular flexibility index (Phi) is 16.6. The number of phenols is 1. The largest absolute Gasteiger partial charge is 0.508 e. The third kappa shape index (κ3) is 15.6. The number of nitrogens with one attached hydrogen (secondary N) is 1. The summed E-state index contributed by atoms with van der Waals surface area (Å²) in [4.78, 5) is 12.1. The molecule has 0 saturated carbocycles. The van der Waals surface area contributed by atoms with Gasteiger partial charge >= 0.3 is 0 Å². The second-order valence-electron chi connectivity index (χ2n) is 8.71. The maximum absolute atomic E-state index is 12.1. The first-order valence-electron chi connectivity index (χ1n) is 12.6. The van der Waals surface area contributed by atoms with Gasteiger partial charge in [0, 0.05) is 6.54 Å². The highest BCUT2D eigenvalue weighted by molar-refractivity contribution is 5.81. The van der Waals surface area contributed by atoms with Crippen molar-refractivity contribution in [2.45, 2.75) is 109 Å². The molecule has 4 N–H and O–H groups in total. The van der Waals surface area contributed by atoms with Crippen LogP contribution in [-0.2, 0) is 11.2 Å². The van der Waals surface area contributed by atoms with E-state index in [1.54, 1.807) is 24.3 Å². The molecule has 0 fully saturated rings. The lowest BCUT2D eigenvalue weighted by atomic mass is 10.1. The molecule has 1 amide bonds. The lowest BCUT2D eigenvalue weighted by molar-refractivity contribution is -0.122. The van der Waals surface area contributed by atoms with Gasteiger partial charge in [-0.25, -0.2) is 0 Å². The Hall–Kier alpha value is -1.81. The zero-order chi connectivity index (χ0) is 22.6. The molecule has 0 unspecified atom stereocenters. The maximum Gasteiger partial charge on any atom is 0.237 e. The number of aromatic hydroxyl groups is 1. The van der Waals surface area contributed by atoms with Crippen molar-refractivity contribution < 1.29 is 9.90 Å². The number of carbonyl (C=O) groups excluding carboxylic acids is 1. The summed E-state index contributed by atoms with van der Waals surface area (Å²) in [5.41, 5.74) is 6.94. The number of nitrogens with two attached hydrogens (primary N) is 1. The first-order chi connectivity index (χ1) is 15.1. The van der Waals surface area contributed by atoms with Gasteiger partial charge in [-0.05, 0) is 56.2 Å². The highest BCUT2D eigenvalue weighted by atomic mass is 16.3. The fraction of sp³-hybridized carbons (Fsp3) is 0.667. The predicted molar refractivity (Wildman–Crippen MR) is 132 cm³/mol. The summed E-state index contributed by atoms with van der Waals surface area (Å²) in [6, 6.07) is 6.29. The summed E-state index contributed by atoms with van der Waals surface area (Å²) < 4.78 is 0. The number of benzene rings is 1. The summed E-state index contributed by atoms with van der Waals surface area (Å²) in [5.74, 6) is 0.127. The summed E-state index contributed by atoms with van der Waals surface area (Å²) in [5, 5.41) is 12.2. The smallest absolute Gasteiger partial charge is 0.237 e. The van der Waals surface area contributed by atoms with E-state index in [9.17, 15) is 9.90 Å². The zero-order valence-corrected chi connectivity index (χ0v) is 19.8. The van der Waals surface area contributed by atoms with Gasteiger partial charge < -0.3 is 16.2 Å². The van der Waals surface area contributed by atoms with Crippen molar-refractivity contribution in [3.63, 3.8) is 0 Å². The Morgan fingerprint density at radius 2 is 1.39 bits per heavy atom. The molecule has 0 heterocycles. The molecule has 0 aliphatic carbocycles. The minimum absolute atomic E-state index is 0.0965. The highest BCUT2D eigenvalue weighted by Crippen LogP contribution is 2.11. The normalized spacial score (nSPS) is 12.3. The van der Waals surface area contributed by atoms with E-state index < -0.39 is 6.04 Å². The van der Waals surface area contributed by atoms with E-state index in [4.69, 9.17) is 5.73 Å². The monoisotopic (exact) mass is 430 g/mol. The van der Waals surface area contributed by atoms with Crippen molar-refractivity contribution in [3.8, 4) is 5.75 Å². The topological polar surface area (TPSA) is 75.4 Å². The lowest BCUT2D eigenvalue weighted by Crippen LogP contribution is -2.42. The van der Waals surface area contributed by atoms with Gasteiger partial charge in [0.2, 0.25) is 5.91 Å². The molecule has 0 aliphatic rings. The first-order valence-corrected chi connectivity index (χ1v) is 12.6. The minimum atomic E-state index is -0.543. The molecule has 1 rings (SSSR count). The number of phenolic OH excluding ortho intramolecular Hbond substituents is 1. The zero-order valence-electron chi connectivity index (χ0n) is 19.8. The minimum Gasteiger partial charge on any atom is -0.508 e. The summed E-state index contributed by atoms with van der Waals surface area (Å²) >= 11 is 0. The predicted octanol–water partition coefficient (Wildman–Crippen LogP) is 6.42. The van der Waals surface area contributed by atoms with Crippen LogP contribution in [0.2, 0.25) is 0 Å². The molecular formula is C27H46N2O2. The van der Waals surface area contributed by atoms with Crippen molar-refractivity contribution in [2.75, 3.05) is 6.54 Å². The molecule has 0 saturated heterocycles. The molecule has 4 nitrogen and oxygen atoms in total. The second-order valence-corrected chi connectivity index (χ2v) is 8.71. The number of carbonyl (C=O) groups is 1. The molecule has 0 aliphatic heterocycles. The third-order valence-corrected chi connectivity index (χ3v) is 5.72. The van der Waals surface area contributed by atoms with Crippen LogP contribution in [0.1, 0.15) is 102 Å². The number of amides is 1. The van der Waals surface area contributed by atoms with Gasteiger partial charge in [-0.2, -0.15) is 0 Å². The van der Waals surface area contributed by atoms with E-state index in [0.717, 1.165) is 18.4 Å². The van der Waals surface area contributed by atoms with Gasteiger partial charge in [-0.1, -0.05) is 89.0 Å². The van der Waals surface area contributed by atoms with Crippen LogP contribution in [-0.4, -0.2) is 23.6 Å². The van der Waals surface area contributed by atoms with Gasteiger partial charge in [0.15, 0.2) is 0 Å². The van der Waals surface area contributed by atoms with Crippen molar-refractivity contribution in [2.24, 2.45) is 5.73 Å². The van der Waals surface area contributed by atoms with Crippen LogP contribution in [0.15, 0.2) is 36.4 Å². The number of hydrogen-bond acceptors (Lipinski definition) is 3. The Bertz CT molecular complexity index is 583. The number of allylic oxidation sites excluding steroid dienone is 2. The molecule has 176 valence electrons. The number of rotatable bonds is 19. The van der Waals surface area contributed by atoms with Crippen LogP contribution in [0, 0.1) is 0 Å². The van der Waals surface area contributed by atoms with E-state index in [1.807, 2.05) is 0 Å². The lowest BCUT2D eigenvalue weighted by Gasteiger charge is -2.12. The molecule has 0 bridgehead atoms. The maximum atomic E-state index is 12.1. The third-order valence-electron chi connectivity index (χ3n) is 5.72. The van der Waals surface area contributed by atoms with Crippen molar-refractivity contribution in [1.82, 2.24) is 5.32 Å². The van der Waals surface area contributed by atoms with Gasteiger partial charge in [0.25, 0.3) is 0 Å². The average molecular weight is 431 g/mol. The van der Waals surface area contributed by atoms with E-state index in [-0.39, 0.29) is 11.7 Å². The van der Waals surface area contributed by atoms with E-state index in [1.165, 1.54) is 77.0 Å². The van der Waals surface area contributed by atoms with E-state index >= 15 is 0 Å². The SMILES string of the molecule is CCCCCCCC/C=C/CCCCCCCCNC(=O)[C@@H](N)Cc1ccc(O)cc1. The molecule has 31 heavy (non-hydrogen) atoms. The van der Waals surface area contributed by atoms with Crippen molar-refractivity contribution >= 4 is 5.91 Å². The molecule has 1 atom stereocenters. The molecule has 0 radical (unpaired) electrons. The molecule has 0 aromatic heterocycles. The summed E-state index contributed by atoms with van der Waals surface area (Å²) in [6.07, 6.45) is 23.2. The number of hydrogen-bond donors (Lipinski definition) is 3. The summed E-state index contributed by atoms with van der Waals surface area (Å²) in [7, 11) is 0. The van der Waals surface area contributed by atoms with Gasteiger partial charge in [0.1, 0.15) is 5.75 Å². The first kappa shape index (κ1) is 27.2. The van der Waals surface area contributed by atoms with Gasteiger partial charge in [-0.15, -0.1) is 0 Å². The summed E-state index contributed by atoms with van der Waals surface area (Å²) in [6.45, 7) is 2.96. The Morgan fingerprint density at radius 1 is 0.871 bits per heavy atom. The Labute approximate surface area is 190 Å². The Balaban J connectivity index is 1.88. The second kappa shape index (κ2) is 18.9. The standard InChI is InChI=1S/C27H46N2O2/c1-2-3-4-5-6-7-8-9-10-11-12-13-14-15-16-17-22-29-27(31)26(28)23-24-18-20-25(30)21-19-24/h9-10,18-21,26,30H,2-8,11-17,22-23,28H2,1H3,(H,29,31)/b10-9+/t26-/m0/s1. The Morgan fingerprint density at radius 3 is 1.97 bits per heavy atom. The van der Waals surface area contributed by atoms with Crippen LogP contribution in [0.4, 0.5) is 0 Å². The fourth-order valence-corrected chi connectivity index (χ4v) is 3.69. The van der Waals surface area contributed by atoms with Crippen LogP contribution < -0.4 is 11.1 Å². The fourth-order valence-electron chi connectivity index (χ4n) is 3.69. The van der Waals surface area contributed by atoms with Crippen molar-refractivity contribution in [1.29, 1.82) is 0 Å². The molecule has 0 spiro atoms. The highest BCUT2D eigenvalue weighted by Gasteiger charge is 2.13. The number of unbranched alkanes of at least 4 members (excludes halogenated alkanes) is 12. The van der Waals surface area contributed by atoms with Crippen LogP contribution >= 0.6 is 0 Å². The molecule has 1 aromatic carbocycles. The van der Waals surface area contributed by atoms with Crippen molar-refractivity contribution in [3.05, 3.63) is 42.0 Å². The van der Waals surface area contributed by atoms with Crippen LogP contribution in [0.5, 0.6) is 5.75 Å². The van der Waals surface area contributed by atoms with Gasteiger partial charge in [-0.3, -0.25) is 4.79 Å². The van der Waals surface area contributed by atoms with E-state index in [0.29, 0.717) is 13.0 Å². The molecular weight excluding hydrogens is 384 g/mol. The van der Waals surface area contributed by atoms with Gasteiger partial charge in [0.05, 0.1) is 6.04 Å². The molecule has 1 aromatic rings. The molecule has 4 heteroatoms. The van der Waals surface area contributed by atoms with Crippen LogP contribution in [0.25, 0.3) is 0 Å². The van der Waals surface area contributed by atoms with E-state index in [2.05, 4.69) is 24.4 Å². The van der Waals surface area contributed by atoms with Crippen LogP contribution in [0.3, 0.4) is 0 Å².